The molecular formula is C22H20F3N5O. The summed E-state index contributed by atoms with van der Waals surface area (Å²) in [6.07, 6.45) is 5.06. The van der Waals surface area contributed by atoms with Gasteiger partial charge in [-0.15, -0.1) is 12.8 Å². The molecule has 6 nitrogen and oxygen atoms in total. The van der Waals surface area contributed by atoms with Crippen LogP contribution in [0.3, 0.4) is 0 Å². The number of aromatic nitrogens is 3. The molecule has 0 bridgehead atoms. The minimum atomic E-state index is -4.43. The number of aryl methyl sites for hydroxylation is 1. The molecule has 160 valence electrons. The van der Waals surface area contributed by atoms with E-state index in [1.807, 2.05) is 6.07 Å². The first-order valence-corrected chi connectivity index (χ1v) is 9.15. The second-order valence-corrected chi connectivity index (χ2v) is 6.68. The molecule has 0 aliphatic rings. The summed E-state index contributed by atoms with van der Waals surface area (Å²) >= 11 is 0. The van der Waals surface area contributed by atoms with E-state index in [1.54, 1.807) is 19.9 Å². The molecule has 0 fully saturated rings. The number of hydrogen-bond acceptors (Lipinski definition) is 5. The highest BCUT2D eigenvalue weighted by Gasteiger charge is 2.32. The van der Waals surface area contributed by atoms with Crippen LogP contribution < -0.4 is 10.9 Å². The van der Waals surface area contributed by atoms with Gasteiger partial charge in [0.1, 0.15) is 17.7 Å². The zero-order chi connectivity index (χ0) is 23.3. The molecule has 3 aromatic rings. The standard InChI is InChI=1S/C20H18F3N5O.C2H2/c1-11(8-24)28-10-15-17(7-18(28)29)26-13(3)27-19(15)25-9-14-5-4-6-16(12(14)2)20(21,22)23;1-2/h4-7,10-11H,9H2,1-3H3,(H,25,26,27);1-2H. The summed E-state index contributed by atoms with van der Waals surface area (Å²) in [5.41, 5.74) is -0.0470. The van der Waals surface area contributed by atoms with Crippen LogP contribution >= 0.6 is 0 Å². The molecule has 2 heterocycles. The lowest BCUT2D eigenvalue weighted by Gasteiger charge is -2.16. The summed E-state index contributed by atoms with van der Waals surface area (Å²) in [6.45, 7) is 4.77. The average Bonchev–Trinajstić information content (AvgIpc) is 2.72. The summed E-state index contributed by atoms with van der Waals surface area (Å²) in [5.74, 6) is 0.787. The van der Waals surface area contributed by atoms with Crippen molar-refractivity contribution in [1.29, 1.82) is 5.26 Å². The lowest BCUT2D eigenvalue weighted by Crippen LogP contribution is -2.21. The summed E-state index contributed by atoms with van der Waals surface area (Å²) in [6, 6.07) is 6.65. The average molecular weight is 427 g/mol. The second-order valence-electron chi connectivity index (χ2n) is 6.68. The smallest absolute Gasteiger partial charge is 0.365 e. The van der Waals surface area contributed by atoms with Crippen LogP contribution in [0, 0.1) is 38.0 Å². The van der Waals surface area contributed by atoms with E-state index in [1.165, 1.54) is 29.8 Å². The third kappa shape index (κ3) is 5.01. The largest absolute Gasteiger partial charge is 0.416 e. The number of fused-ring (bicyclic) bond motifs is 1. The molecule has 0 spiro atoms. The highest BCUT2D eigenvalue weighted by atomic mass is 19.4. The minimum absolute atomic E-state index is 0.105. The Morgan fingerprint density at radius 2 is 1.94 bits per heavy atom. The van der Waals surface area contributed by atoms with Gasteiger partial charge in [0.15, 0.2) is 0 Å². The number of hydrogen-bond donors (Lipinski definition) is 1. The van der Waals surface area contributed by atoms with Gasteiger partial charge in [0, 0.05) is 18.8 Å². The third-order valence-electron chi connectivity index (χ3n) is 4.67. The van der Waals surface area contributed by atoms with Gasteiger partial charge in [-0.2, -0.15) is 18.4 Å². The number of alkyl halides is 3. The van der Waals surface area contributed by atoms with Crippen LogP contribution in [0.1, 0.15) is 35.5 Å². The van der Waals surface area contributed by atoms with Crippen LogP contribution in [0.4, 0.5) is 19.0 Å². The fraction of sp³-hybridized carbons (Fsp3) is 0.273. The van der Waals surface area contributed by atoms with E-state index < -0.39 is 17.8 Å². The maximum atomic E-state index is 13.1. The molecule has 2 aromatic heterocycles. The Kier molecular flexibility index (Phi) is 7.04. The number of terminal acetylenes is 1. The summed E-state index contributed by atoms with van der Waals surface area (Å²) in [4.78, 5) is 20.8. The lowest BCUT2D eigenvalue weighted by atomic mass is 10.0. The predicted molar refractivity (Wildman–Crippen MR) is 112 cm³/mol. The van der Waals surface area contributed by atoms with Crippen molar-refractivity contribution in [3.8, 4) is 18.9 Å². The van der Waals surface area contributed by atoms with Crippen LogP contribution in [0.15, 0.2) is 35.3 Å². The quantitative estimate of drug-likeness (QED) is 0.625. The first-order valence-electron chi connectivity index (χ1n) is 9.15. The van der Waals surface area contributed by atoms with Crippen molar-refractivity contribution in [2.45, 2.75) is 39.5 Å². The van der Waals surface area contributed by atoms with Crippen LogP contribution in [0.2, 0.25) is 0 Å². The summed E-state index contributed by atoms with van der Waals surface area (Å²) < 4.78 is 40.7. The van der Waals surface area contributed by atoms with Crippen LogP contribution in [0.25, 0.3) is 10.9 Å². The number of nitrogens with one attached hydrogen (secondary N) is 1. The zero-order valence-electron chi connectivity index (χ0n) is 17.2. The second kappa shape index (κ2) is 9.31. The molecule has 31 heavy (non-hydrogen) atoms. The number of anilines is 1. The Balaban J connectivity index is 0.00000166. The Morgan fingerprint density at radius 3 is 2.55 bits per heavy atom. The molecule has 0 saturated heterocycles. The van der Waals surface area contributed by atoms with Crippen LogP contribution in [-0.2, 0) is 12.7 Å². The monoisotopic (exact) mass is 427 g/mol. The lowest BCUT2D eigenvalue weighted by molar-refractivity contribution is -0.138. The van der Waals surface area contributed by atoms with Crippen molar-refractivity contribution in [2.24, 2.45) is 0 Å². The topological polar surface area (TPSA) is 83.6 Å². The van der Waals surface area contributed by atoms with Gasteiger partial charge >= 0.3 is 6.18 Å². The maximum Gasteiger partial charge on any atom is 0.416 e. The van der Waals surface area contributed by atoms with E-state index in [9.17, 15) is 18.0 Å². The van der Waals surface area contributed by atoms with E-state index in [0.29, 0.717) is 28.1 Å². The fourth-order valence-corrected chi connectivity index (χ4v) is 3.10. The van der Waals surface area contributed by atoms with E-state index in [0.717, 1.165) is 6.07 Å². The number of rotatable bonds is 4. The first kappa shape index (κ1) is 23.4. The van der Waals surface area contributed by atoms with Gasteiger partial charge in [0.05, 0.1) is 22.5 Å². The summed E-state index contributed by atoms with van der Waals surface area (Å²) in [7, 11) is 0. The third-order valence-corrected chi connectivity index (χ3v) is 4.67. The number of nitrogens with zero attached hydrogens (tertiary/aromatic N) is 4. The summed E-state index contributed by atoms with van der Waals surface area (Å²) in [5, 5.41) is 12.7. The Hall–Kier alpha value is -3.85. The Labute approximate surface area is 177 Å². The number of halogens is 3. The van der Waals surface area contributed by atoms with Gasteiger partial charge < -0.3 is 5.32 Å². The zero-order valence-corrected chi connectivity index (χ0v) is 17.2. The van der Waals surface area contributed by atoms with Crippen molar-refractivity contribution in [3.63, 3.8) is 0 Å². The van der Waals surface area contributed by atoms with Crippen LogP contribution in [-0.4, -0.2) is 14.5 Å². The van der Waals surface area contributed by atoms with Crippen molar-refractivity contribution < 1.29 is 13.2 Å². The number of nitriles is 1. The molecule has 1 atom stereocenters. The van der Waals surface area contributed by atoms with E-state index in [2.05, 4.69) is 28.1 Å². The van der Waals surface area contributed by atoms with Gasteiger partial charge in [-0.1, -0.05) is 12.1 Å². The minimum Gasteiger partial charge on any atom is -0.365 e. The van der Waals surface area contributed by atoms with Crippen LogP contribution in [0.5, 0.6) is 0 Å². The molecule has 3 rings (SSSR count). The molecule has 0 aliphatic heterocycles. The van der Waals surface area contributed by atoms with E-state index in [4.69, 9.17) is 5.26 Å². The Morgan fingerprint density at radius 1 is 1.26 bits per heavy atom. The predicted octanol–water partition coefficient (Wildman–Crippen LogP) is 4.37. The molecule has 1 aromatic carbocycles. The Bertz CT molecular complexity index is 1220. The van der Waals surface area contributed by atoms with Gasteiger partial charge in [-0.25, -0.2) is 9.97 Å². The van der Waals surface area contributed by atoms with Crippen molar-refractivity contribution >= 4 is 16.7 Å². The highest BCUT2D eigenvalue weighted by Crippen LogP contribution is 2.33. The molecule has 0 radical (unpaired) electrons. The van der Waals surface area contributed by atoms with Crippen molar-refractivity contribution in [1.82, 2.24) is 14.5 Å². The highest BCUT2D eigenvalue weighted by molar-refractivity contribution is 5.88. The van der Waals surface area contributed by atoms with Gasteiger partial charge in [0.2, 0.25) is 0 Å². The normalized spacial score (nSPS) is 11.8. The molecule has 1 unspecified atom stereocenters. The van der Waals surface area contributed by atoms with Gasteiger partial charge in [0.25, 0.3) is 5.56 Å². The van der Waals surface area contributed by atoms with Crippen molar-refractivity contribution in [2.75, 3.05) is 5.32 Å². The number of pyridine rings is 1. The van der Waals surface area contributed by atoms with Gasteiger partial charge in [-0.3, -0.25) is 9.36 Å². The molecular weight excluding hydrogens is 407 g/mol. The van der Waals surface area contributed by atoms with E-state index in [-0.39, 0.29) is 17.7 Å². The molecule has 1 N–H and O–H groups in total. The maximum absolute atomic E-state index is 13.1. The van der Waals surface area contributed by atoms with Gasteiger partial charge in [-0.05, 0) is 38.0 Å². The fourth-order valence-electron chi connectivity index (χ4n) is 3.10. The molecule has 0 saturated carbocycles. The molecule has 0 amide bonds. The first-order chi connectivity index (χ1) is 14.6. The van der Waals surface area contributed by atoms with Crippen molar-refractivity contribution in [3.05, 3.63) is 63.3 Å². The SMILES string of the molecule is C#C.Cc1nc(NCc2cccc(C(F)(F)F)c2C)c2cn(C(C)C#N)c(=O)cc2n1. The molecule has 9 heteroatoms. The number of benzene rings is 1. The van der Waals surface area contributed by atoms with E-state index >= 15 is 0 Å². The molecule has 0 aliphatic carbocycles.